The van der Waals surface area contributed by atoms with E-state index in [0.29, 0.717) is 0 Å². The van der Waals surface area contributed by atoms with Crippen LogP contribution in [-0.4, -0.2) is 46.4 Å². The largest absolute Gasteiger partial charge is 0.481 e. The van der Waals surface area contributed by atoms with Crippen LogP contribution in [0.5, 0.6) is 0 Å². The third-order valence-electron chi connectivity index (χ3n) is 3.51. The number of nitrogens with zero attached hydrogens (tertiary/aromatic N) is 1. The van der Waals surface area contributed by atoms with E-state index in [-0.39, 0.29) is 25.4 Å². The Kier molecular flexibility index (Phi) is 2.79. The lowest BCUT2D eigenvalue weighted by atomic mass is 10.2. The van der Waals surface area contributed by atoms with Crippen molar-refractivity contribution in [2.24, 2.45) is 11.8 Å². The standard InChI is InChI=1S/C12H18FNO4/c1-11(2,3)18-10(17)14-5-8-7(4-9(15)16)12(8,13)6-14/h7-8H,4-6H2,1-3H3,(H,15,16)/t7-,8-,12-/m0/s1. The monoisotopic (exact) mass is 259 g/mol. The maximum Gasteiger partial charge on any atom is 0.410 e. The number of fused-ring (bicyclic) bond motifs is 1. The smallest absolute Gasteiger partial charge is 0.410 e. The molecule has 2 fully saturated rings. The number of amides is 1. The second-order valence-electron chi connectivity index (χ2n) is 6.10. The van der Waals surface area contributed by atoms with E-state index in [0.717, 1.165) is 0 Å². The predicted octanol–water partition coefficient (Wildman–Crippen LogP) is 1.67. The maximum atomic E-state index is 14.2. The minimum Gasteiger partial charge on any atom is -0.481 e. The van der Waals surface area contributed by atoms with E-state index in [1.807, 2.05) is 0 Å². The van der Waals surface area contributed by atoms with Crippen LogP contribution in [0.2, 0.25) is 0 Å². The Morgan fingerprint density at radius 1 is 1.50 bits per heavy atom. The predicted molar refractivity (Wildman–Crippen MR) is 60.9 cm³/mol. The fourth-order valence-electron chi connectivity index (χ4n) is 2.64. The van der Waals surface area contributed by atoms with Crippen molar-refractivity contribution in [2.45, 2.75) is 38.5 Å². The molecule has 0 radical (unpaired) electrons. The molecule has 3 atom stereocenters. The topological polar surface area (TPSA) is 66.8 Å². The van der Waals surface area contributed by atoms with Gasteiger partial charge in [0.2, 0.25) is 0 Å². The molecule has 2 aliphatic rings. The van der Waals surface area contributed by atoms with Crippen LogP contribution < -0.4 is 0 Å². The number of halogens is 1. The molecule has 2 rings (SSSR count). The highest BCUT2D eigenvalue weighted by molar-refractivity contribution is 5.71. The number of piperidine rings is 1. The van der Waals surface area contributed by atoms with Gasteiger partial charge in [-0.15, -0.1) is 0 Å². The average Bonchev–Trinajstić information content (AvgIpc) is 2.53. The van der Waals surface area contributed by atoms with Crippen molar-refractivity contribution in [3.63, 3.8) is 0 Å². The van der Waals surface area contributed by atoms with Crippen LogP contribution >= 0.6 is 0 Å². The van der Waals surface area contributed by atoms with Gasteiger partial charge in [0.25, 0.3) is 0 Å². The SMILES string of the molecule is CC(C)(C)OC(=O)N1C[C@H]2[C@H](CC(=O)O)[C@@]2(F)C1. The number of rotatable bonds is 2. The minimum atomic E-state index is -1.52. The highest BCUT2D eigenvalue weighted by atomic mass is 19.1. The summed E-state index contributed by atoms with van der Waals surface area (Å²) < 4.78 is 19.4. The second kappa shape index (κ2) is 3.83. The molecule has 0 aromatic rings. The van der Waals surface area contributed by atoms with Crippen LogP contribution in [0.25, 0.3) is 0 Å². The van der Waals surface area contributed by atoms with Crippen molar-refractivity contribution in [3.8, 4) is 0 Å². The van der Waals surface area contributed by atoms with Gasteiger partial charge in [-0.2, -0.15) is 0 Å². The molecule has 0 aromatic carbocycles. The molecule has 0 aromatic heterocycles. The Hall–Kier alpha value is -1.33. The minimum absolute atomic E-state index is 0.0511. The van der Waals surface area contributed by atoms with E-state index >= 15 is 0 Å². The van der Waals surface area contributed by atoms with Crippen LogP contribution in [0.1, 0.15) is 27.2 Å². The van der Waals surface area contributed by atoms with Crippen molar-refractivity contribution in [3.05, 3.63) is 0 Å². The summed E-state index contributed by atoms with van der Waals surface area (Å²) in [6.07, 6.45) is -0.690. The maximum absolute atomic E-state index is 14.2. The van der Waals surface area contributed by atoms with E-state index < -0.39 is 29.3 Å². The summed E-state index contributed by atoms with van der Waals surface area (Å²) in [5.74, 6) is -1.79. The summed E-state index contributed by atoms with van der Waals surface area (Å²) in [5, 5.41) is 8.65. The fourth-order valence-corrected chi connectivity index (χ4v) is 2.64. The van der Waals surface area contributed by atoms with Gasteiger partial charge in [-0.3, -0.25) is 4.79 Å². The molecule has 0 unspecified atom stereocenters. The summed E-state index contributed by atoms with van der Waals surface area (Å²) in [6, 6.07) is 0. The third kappa shape index (κ3) is 2.28. The molecule has 0 bridgehead atoms. The summed E-state index contributed by atoms with van der Waals surface area (Å²) in [5.41, 5.74) is -2.12. The molecule has 1 amide bonds. The number of carboxylic acid groups (broad SMARTS) is 1. The molecule has 1 heterocycles. The van der Waals surface area contributed by atoms with E-state index in [9.17, 15) is 14.0 Å². The second-order valence-corrected chi connectivity index (χ2v) is 6.10. The highest BCUT2D eigenvalue weighted by Crippen LogP contribution is 2.60. The zero-order valence-electron chi connectivity index (χ0n) is 10.8. The fraction of sp³-hybridized carbons (Fsp3) is 0.833. The van der Waals surface area contributed by atoms with Crippen molar-refractivity contribution in [1.29, 1.82) is 0 Å². The van der Waals surface area contributed by atoms with E-state index in [2.05, 4.69) is 0 Å². The van der Waals surface area contributed by atoms with Crippen molar-refractivity contribution < 1.29 is 23.8 Å². The molecule has 6 heteroatoms. The molecule has 5 nitrogen and oxygen atoms in total. The average molecular weight is 259 g/mol. The number of alkyl halides is 1. The van der Waals surface area contributed by atoms with E-state index in [4.69, 9.17) is 9.84 Å². The van der Waals surface area contributed by atoms with Crippen LogP contribution in [0.4, 0.5) is 9.18 Å². The van der Waals surface area contributed by atoms with Gasteiger partial charge < -0.3 is 14.7 Å². The van der Waals surface area contributed by atoms with Crippen LogP contribution in [-0.2, 0) is 9.53 Å². The molecule has 1 aliphatic heterocycles. The molecular formula is C12H18FNO4. The highest BCUT2D eigenvalue weighted by Gasteiger charge is 2.71. The van der Waals surface area contributed by atoms with Gasteiger partial charge in [-0.25, -0.2) is 9.18 Å². The number of carbonyl (C=O) groups excluding carboxylic acids is 1. The van der Waals surface area contributed by atoms with Crippen molar-refractivity contribution in [1.82, 2.24) is 4.90 Å². The number of hydrogen-bond donors (Lipinski definition) is 1. The molecule has 1 saturated carbocycles. The lowest BCUT2D eigenvalue weighted by molar-refractivity contribution is -0.137. The normalized spacial score (nSPS) is 34.1. The van der Waals surface area contributed by atoms with Crippen molar-refractivity contribution in [2.75, 3.05) is 13.1 Å². The van der Waals surface area contributed by atoms with Gasteiger partial charge in [0.05, 0.1) is 13.0 Å². The number of likely N-dealkylation sites (tertiary alicyclic amines) is 1. The third-order valence-corrected chi connectivity index (χ3v) is 3.51. The first-order valence-electron chi connectivity index (χ1n) is 6.02. The molecule has 1 saturated heterocycles. The Morgan fingerprint density at radius 3 is 2.50 bits per heavy atom. The number of hydrogen-bond acceptors (Lipinski definition) is 3. The molecule has 1 N–H and O–H groups in total. The number of carboxylic acids is 1. The molecule has 102 valence electrons. The van der Waals surface area contributed by atoms with Gasteiger partial charge in [-0.1, -0.05) is 0 Å². The Bertz CT molecular complexity index is 392. The Morgan fingerprint density at radius 2 is 2.11 bits per heavy atom. The number of ether oxygens (including phenoxy) is 1. The van der Waals surface area contributed by atoms with Crippen molar-refractivity contribution >= 4 is 12.1 Å². The molecule has 1 aliphatic carbocycles. The Labute approximate surface area is 105 Å². The van der Waals surface area contributed by atoms with Crippen LogP contribution in [0.15, 0.2) is 0 Å². The Balaban J connectivity index is 1.89. The van der Waals surface area contributed by atoms with Gasteiger partial charge in [-0.05, 0) is 20.8 Å². The summed E-state index contributed by atoms with van der Waals surface area (Å²) in [6.45, 7) is 5.45. The summed E-state index contributed by atoms with van der Waals surface area (Å²) >= 11 is 0. The van der Waals surface area contributed by atoms with E-state index in [1.165, 1.54) is 4.90 Å². The number of aliphatic carboxylic acids is 1. The quantitative estimate of drug-likeness (QED) is 0.819. The summed E-state index contributed by atoms with van der Waals surface area (Å²) in [7, 11) is 0. The zero-order valence-corrected chi connectivity index (χ0v) is 10.8. The molecular weight excluding hydrogens is 241 g/mol. The lowest BCUT2D eigenvalue weighted by Crippen LogP contribution is -2.38. The van der Waals surface area contributed by atoms with Crippen LogP contribution in [0.3, 0.4) is 0 Å². The molecule has 18 heavy (non-hydrogen) atoms. The first kappa shape index (κ1) is 13.1. The van der Waals surface area contributed by atoms with Gasteiger partial charge in [0, 0.05) is 18.4 Å². The van der Waals surface area contributed by atoms with Gasteiger partial charge in [0.1, 0.15) is 11.3 Å². The first-order valence-corrected chi connectivity index (χ1v) is 6.02. The van der Waals surface area contributed by atoms with Gasteiger partial charge in [0.15, 0.2) is 0 Å². The molecule has 0 spiro atoms. The van der Waals surface area contributed by atoms with Gasteiger partial charge >= 0.3 is 12.1 Å². The summed E-state index contributed by atoms with van der Waals surface area (Å²) in [4.78, 5) is 23.6. The van der Waals surface area contributed by atoms with Crippen LogP contribution in [0, 0.1) is 11.8 Å². The first-order chi connectivity index (χ1) is 8.13. The number of carbonyl (C=O) groups is 2. The lowest BCUT2D eigenvalue weighted by Gasteiger charge is -2.26. The van der Waals surface area contributed by atoms with E-state index in [1.54, 1.807) is 20.8 Å². The zero-order chi connectivity index (χ0) is 13.7.